The predicted molar refractivity (Wildman–Crippen MR) is 93.1 cm³/mol. The van der Waals surface area contributed by atoms with Crippen molar-refractivity contribution in [2.75, 3.05) is 0 Å². The molecule has 26 heavy (non-hydrogen) atoms. The molecule has 0 saturated carbocycles. The highest BCUT2D eigenvalue weighted by Crippen LogP contribution is 2.18. The predicted octanol–water partition coefficient (Wildman–Crippen LogP) is 1.90. The molecule has 0 aliphatic rings. The Balaban J connectivity index is 1.68. The Morgan fingerprint density at radius 1 is 1.27 bits per heavy atom. The van der Waals surface area contributed by atoms with E-state index in [4.69, 9.17) is 0 Å². The maximum atomic E-state index is 12.0. The van der Waals surface area contributed by atoms with Crippen LogP contribution in [-0.4, -0.2) is 30.6 Å². The number of hydrogen-bond acceptors (Lipinski definition) is 6. The van der Waals surface area contributed by atoms with Gasteiger partial charge in [-0.3, -0.25) is 14.9 Å². The molecule has 0 bridgehead atoms. The van der Waals surface area contributed by atoms with Crippen LogP contribution >= 0.6 is 0 Å². The van der Waals surface area contributed by atoms with Crippen LogP contribution in [0.15, 0.2) is 61.3 Å². The molecule has 2 aromatic heterocycles. The SMILES string of the molecule is O=C(/C=C\c1ccccc1[N+](=O)[O-])NCc1cccnc1-n1cncn1. The largest absolute Gasteiger partial charge is 0.348 e. The number of carbonyl (C=O) groups excluding carboxylic acids is 1. The highest BCUT2D eigenvalue weighted by atomic mass is 16.6. The first kappa shape index (κ1) is 17.0. The second-order valence-corrected chi connectivity index (χ2v) is 5.19. The topological polar surface area (TPSA) is 116 Å². The lowest BCUT2D eigenvalue weighted by atomic mass is 10.1. The lowest BCUT2D eigenvalue weighted by molar-refractivity contribution is -0.385. The smallest absolute Gasteiger partial charge is 0.276 e. The molecular formula is C17H14N6O3. The lowest BCUT2D eigenvalue weighted by Gasteiger charge is -2.08. The highest BCUT2D eigenvalue weighted by molar-refractivity contribution is 5.92. The molecule has 0 aliphatic carbocycles. The fourth-order valence-corrected chi connectivity index (χ4v) is 2.29. The first-order valence-electron chi connectivity index (χ1n) is 7.63. The van der Waals surface area contributed by atoms with Crippen LogP contribution in [0.5, 0.6) is 0 Å². The van der Waals surface area contributed by atoms with Gasteiger partial charge in [0.1, 0.15) is 12.7 Å². The van der Waals surface area contributed by atoms with Crippen molar-refractivity contribution in [3.05, 3.63) is 82.6 Å². The summed E-state index contributed by atoms with van der Waals surface area (Å²) in [5.74, 6) is 0.185. The summed E-state index contributed by atoms with van der Waals surface area (Å²) >= 11 is 0. The van der Waals surface area contributed by atoms with Crippen LogP contribution in [-0.2, 0) is 11.3 Å². The van der Waals surface area contributed by atoms with Gasteiger partial charge in [0.25, 0.3) is 5.69 Å². The minimum Gasteiger partial charge on any atom is -0.348 e. The Kier molecular flexibility index (Phi) is 5.08. The molecule has 3 aromatic rings. The monoisotopic (exact) mass is 350 g/mol. The van der Waals surface area contributed by atoms with Crippen molar-refractivity contribution >= 4 is 17.7 Å². The number of nitro groups is 1. The minimum absolute atomic E-state index is 0.0581. The van der Waals surface area contributed by atoms with Gasteiger partial charge >= 0.3 is 0 Å². The van der Waals surface area contributed by atoms with Gasteiger partial charge in [-0.2, -0.15) is 5.10 Å². The number of amides is 1. The van der Waals surface area contributed by atoms with Crippen LogP contribution in [0.4, 0.5) is 5.69 Å². The quantitative estimate of drug-likeness (QED) is 0.412. The fourth-order valence-electron chi connectivity index (χ4n) is 2.29. The van der Waals surface area contributed by atoms with Crippen molar-refractivity contribution in [2.24, 2.45) is 0 Å². The maximum Gasteiger partial charge on any atom is 0.276 e. The summed E-state index contributed by atoms with van der Waals surface area (Å²) in [5.41, 5.74) is 1.06. The van der Waals surface area contributed by atoms with E-state index < -0.39 is 4.92 Å². The van der Waals surface area contributed by atoms with Crippen molar-refractivity contribution in [3.63, 3.8) is 0 Å². The fraction of sp³-hybridized carbons (Fsp3) is 0.0588. The number of nitrogens with one attached hydrogen (secondary N) is 1. The minimum atomic E-state index is -0.488. The van der Waals surface area contributed by atoms with E-state index in [2.05, 4.69) is 20.4 Å². The Hall–Kier alpha value is -3.88. The normalized spacial score (nSPS) is 10.8. The van der Waals surface area contributed by atoms with Crippen molar-refractivity contribution in [2.45, 2.75) is 6.54 Å². The summed E-state index contributed by atoms with van der Waals surface area (Å²) in [7, 11) is 0. The summed E-state index contributed by atoms with van der Waals surface area (Å²) in [4.78, 5) is 30.7. The van der Waals surface area contributed by atoms with Crippen LogP contribution in [0.1, 0.15) is 11.1 Å². The summed E-state index contributed by atoms with van der Waals surface area (Å²) in [6.07, 6.45) is 7.20. The van der Waals surface area contributed by atoms with E-state index in [1.54, 1.807) is 30.5 Å². The van der Waals surface area contributed by atoms with Crippen molar-refractivity contribution in [3.8, 4) is 5.82 Å². The summed E-state index contributed by atoms with van der Waals surface area (Å²) in [5, 5.41) is 17.7. The first-order valence-corrected chi connectivity index (χ1v) is 7.63. The van der Waals surface area contributed by atoms with E-state index in [1.807, 2.05) is 6.07 Å². The average Bonchev–Trinajstić information content (AvgIpc) is 3.19. The number of carbonyl (C=O) groups is 1. The Bertz CT molecular complexity index is 953. The molecule has 1 amide bonds. The number of aromatic nitrogens is 4. The second kappa shape index (κ2) is 7.79. The molecule has 9 nitrogen and oxygen atoms in total. The zero-order chi connectivity index (χ0) is 18.4. The number of nitrogens with zero attached hydrogens (tertiary/aromatic N) is 5. The average molecular weight is 350 g/mol. The second-order valence-electron chi connectivity index (χ2n) is 5.19. The zero-order valence-electron chi connectivity index (χ0n) is 13.5. The molecular weight excluding hydrogens is 336 g/mol. The van der Waals surface area contributed by atoms with Crippen LogP contribution < -0.4 is 5.32 Å². The number of rotatable bonds is 6. The molecule has 0 unspecified atom stereocenters. The molecule has 3 rings (SSSR count). The number of pyridine rings is 1. The van der Waals surface area contributed by atoms with Gasteiger partial charge in [0.05, 0.1) is 10.5 Å². The molecule has 130 valence electrons. The molecule has 0 radical (unpaired) electrons. The Morgan fingerprint density at radius 2 is 2.12 bits per heavy atom. The van der Waals surface area contributed by atoms with Gasteiger partial charge < -0.3 is 5.32 Å². The molecule has 2 heterocycles. The summed E-state index contributed by atoms with van der Waals surface area (Å²) in [6.45, 7) is 0.225. The molecule has 0 saturated heterocycles. The summed E-state index contributed by atoms with van der Waals surface area (Å²) in [6, 6.07) is 9.78. The lowest BCUT2D eigenvalue weighted by Crippen LogP contribution is -2.21. The summed E-state index contributed by atoms with van der Waals surface area (Å²) < 4.78 is 1.50. The third kappa shape index (κ3) is 3.96. The van der Waals surface area contributed by atoms with E-state index in [0.717, 1.165) is 5.56 Å². The Morgan fingerprint density at radius 3 is 2.88 bits per heavy atom. The van der Waals surface area contributed by atoms with E-state index >= 15 is 0 Å². The molecule has 0 atom stereocenters. The third-order valence-corrected chi connectivity index (χ3v) is 3.50. The van der Waals surface area contributed by atoms with Crippen molar-refractivity contribution in [1.29, 1.82) is 0 Å². The number of hydrogen-bond donors (Lipinski definition) is 1. The molecule has 0 aliphatic heterocycles. The van der Waals surface area contributed by atoms with Gasteiger partial charge in [-0.05, 0) is 18.2 Å². The standard InChI is InChI=1S/C17H14N6O3/c24-16(8-7-13-4-1-2-6-15(13)23(25)26)20-10-14-5-3-9-19-17(14)22-12-18-11-21-22/h1-9,11-12H,10H2,(H,20,24)/b8-7-. The van der Waals surface area contributed by atoms with Crippen LogP contribution in [0, 0.1) is 10.1 Å². The van der Waals surface area contributed by atoms with Gasteiger partial charge in [-0.15, -0.1) is 0 Å². The van der Waals surface area contributed by atoms with E-state index in [-0.39, 0.29) is 18.1 Å². The third-order valence-electron chi connectivity index (χ3n) is 3.50. The van der Waals surface area contributed by atoms with Crippen molar-refractivity contribution < 1.29 is 9.72 Å². The molecule has 1 N–H and O–H groups in total. The van der Waals surface area contributed by atoms with Crippen LogP contribution in [0.2, 0.25) is 0 Å². The van der Waals surface area contributed by atoms with Gasteiger partial charge in [-0.1, -0.05) is 18.2 Å². The van der Waals surface area contributed by atoms with Gasteiger partial charge in [-0.25, -0.2) is 14.6 Å². The van der Waals surface area contributed by atoms with Crippen LogP contribution in [0.3, 0.4) is 0 Å². The van der Waals surface area contributed by atoms with Gasteiger partial charge in [0.15, 0.2) is 5.82 Å². The molecule has 0 fully saturated rings. The van der Waals surface area contributed by atoms with Crippen LogP contribution in [0.25, 0.3) is 11.9 Å². The van der Waals surface area contributed by atoms with Crippen molar-refractivity contribution in [1.82, 2.24) is 25.1 Å². The van der Waals surface area contributed by atoms with Gasteiger partial charge in [0.2, 0.25) is 5.91 Å². The highest BCUT2D eigenvalue weighted by Gasteiger charge is 2.10. The zero-order valence-corrected chi connectivity index (χ0v) is 13.5. The maximum absolute atomic E-state index is 12.0. The van der Waals surface area contributed by atoms with E-state index in [9.17, 15) is 14.9 Å². The number of nitro benzene ring substituents is 1. The first-order chi connectivity index (χ1) is 12.6. The number of para-hydroxylation sites is 1. The molecule has 9 heteroatoms. The van der Waals surface area contributed by atoms with E-state index in [1.165, 1.54) is 35.6 Å². The van der Waals surface area contributed by atoms with Gasteiger partial charge in [0, 0.05) is 30.4 Å². The Labute approximate surface area is 148 Å². The molecule has 1 aromatic carbocycles. The number of benzene rings is 1. The molecule has 0 spiro atoms. The van der Waals surface area contributed by atoms with E-state index in [0.29, 0.717) is 11.4 Å².